The van der Waals surface area contributed by atoms with E-state index in [4.69, 9.17) is 27.9 Å². The van der Waals surface area contributed by atoms with Crippen LogP contribution in [-0.4, -0.2) is 27.9 Å². The number of halogens is 2. The monoisotopic (exact) mass is 413 g/mol. The fourth-order valence-electron chi connectivity index (χ4n) is 2.10. The van der Waals surface area contributed by atoms with Crippen molar-refractivity contribution in [2.75, 3.05) is 11.1 Å². The molecule has 0 spiro atoms. The third-order valence-corrected chi connectivity index (χ3v) is 5.67. The Morgan fingerprint density at radius 1 is 1.15 bits per heavy atom. The first-order valence-corrected chi connectivity index (χ1v) is 9.85. The summed E-state index contributed by atoms with van der Waals surface area (Å²) in [4.78, 5) is 25.0. The lowest BCUT2D eigenvalue weighted by atomic mass is 10.2. The maximum atomic E-state index is 12.4. The molecule has 0 bridgehead atoms. The number of carbonyl (C=O) groups is 2. The summed E-state index contributed by atoms with van der Waals surface area (Å²) >= 11 is 11.9. The molecular formula is C18H17Cl2NO4S. The van der Waals surface area contributed by atoms with Crippen LogP contribution in [0, 0.1) is 0 Å². The lowest BCUT2D eigenvalue weighted by Crippen LogP contribution is -2.30. The Bertz CT molecular complexity index is 857. The number of nitrogens with one attached hydrogen (secondary N) is 1. The molecule has 26 heavy (non-hydrogen) atoms. The number of esters is 1. The second kappa shape index (κ2) is 9.16. The minimum Gasteiger partial charge on any atom is -0.449 e. The molecule has 5 nitrogen and oxygen atoms in total. The Hall–Kier alpha value is -1.89. The minimum atomic E-state index is -1.32. The van der Waals surface area contributed by atoms with E-state index in [1.54, 1.807) is 43.3 Å². The molecule has 0 fully saturated rings. The molecule has 2 aromatic rings. The lowest BCUT2D eigenvalue weighted by Gasteiger charge is -2.15. The van der Waals surface area contributed by atoms with Crippen LogP contribution < -0.4 is 5.32 Å². The van der Waals surface area contributed by atoms with E-state index in [0.29, 0.717) is 21.4 Å². The van der Waals surface area contributed by atoms with Gasteiger partial charge in [0.1, 0.15) is 0 Å². The number of anilines is 1. The fraction of sp³-hybridized carbons (Fsp3) is 0.222. The van der Waals surface area contributed by atoms with Crippen LogP contribution in [0.25, 0.3) is 0 Å². The normalized spacial score (nSPS) is 12.9. The number of hydrogen-bond donors (Lipinski definition) is 1. The van der Waals surface area contributed by atoms with Crippen LogP contribution in [0.4, 0.5) is 5.69 Å². The predicted octanol–water partition coefficient (Wildman–Crippen LogP) is 4.30. The average Bonchev–Trinajstić information content (AvgIpc) is 2.64. The second-order valence-corrected chi connectivity index (χ2v) is 7.76. The Labute approximate surface area is 164 Å². The van der Waals surface area contributed by atoms with Crippen LogP contribution in [0.3, 0.4) is 0 Å². The van der Waals surface area contributed by atoms with Gasteiger partial charge in [0.05, 0.1) is 37.0 Å². The topological polar surface area (TPSA) is 72.5 Å². The van der Waals surface area contributed by atoms with Gasteiger partial charge >= 0.3 is 5.97 Å². The van der Waals surface area contributed by atoms with Crippen LogP contribution in [0.15, 0.2) is 47.4 Å². The van der Waals surface area contributed by atoms with Crippen LogP contribution in [0.2, 0.25) is 10.0 Å². The maximum absolute atomic E-state index is 12.4. The number of ether oxygens (including phenoxy) is 1. The second-order valence-electron chi connectivity index (χ2n) is 5.27. The van der Waals surface area contributed by atoms with Crippen molar-refractivity contribution in [3.63, 3.8) is 0 Å². The van der Waals surface area contributed by atoms with Gasteiger partial charge in [0, 0.05) is 5.75 Å². The zero-order valence-electron chi connectivity index (χ0n) is 14.1. The smallest absolute Gasteiger partial charge is 0.340 e. The Kier molecular flexibility index (Phi) is 7.20. The SMILES string of the molecule is CC[S@@](=O)c1ccccc1C(=O)O[C@@H](C)C(=O)Nc1cccc(Cl)c1Cl. The summed E-state index contributed by atoms with van der Waals surface area (Å²) in [6, 6.07) is 11.3. The van der Waals surface area contributed by atoms with Crippen molar-refractivity contribution in [1.29, 1.82) is 0 Å². The summed E-state index contributed by atoms with van der Waals surface area (Å²) in [5.74, 6) is -0.910. The van der Waals surface area contributed by atoms with Crippen molar-refractivity contribution in [3.05, 3.63) is 58.1 Å². The molecule has 0 aliphatic heterocycles. The molecule has 0 aromatic heterocycles. The van der Waals surface area contributed by atoms with Crippen LogP contribution in [-0.2, 0) is 20.3 Å². The molecule has 0 aliphatic rings. The van der Waals surface area contributed by atoms with Crippen LogP contribution in [0.1, 0.15) is 24.2 Å². The molecule has 0 aliphatic carbocycles. The maximum Gasteiger partial charge on any atom is 0.340 e. The first-order valence-electron chi connectivity index (χ1n) is 7.78. The quantitative estimate of drug-likeness (QED) is 0.716. The zero-order valence-corrected chi connectivity index (χ0v) is 16.5. The first kappa shape index (κ1) is 20.4. The molecule has 2 rings (SSSR count). The van der Waals surface area contributed by atoms with Crippen molar-refractivity contribution in [1.82, 2.24) is 0 Å². The largest absolute Gasteiger partial charge is 0.449 e. The molecule has 0 unspecified atom stereocenters. The summed E-state index contributed by atoms with van der Waals surface area (Å²) in [7, 11) is -1.32. The van der Waals surface area contributed by atoms with Gasteiger partial charge < -0.3 is 10.1 Å². The third kappa shape index (κ3) is 4.84. The molecule has 1 amide bonds. The van der Waals surface area contributed by atoms with E-state index in [1.165, 1.54) is 13.0 Å². The summed E-state index contributed by atoms with van der Waals surface area (Å²) in [6.07, 6.45) is -1.08. The highest BCUT2D eigenvalue weighted by Crippen LogP contribution is 2.29. The average molecular weight is 414 g/mol. The molecular weight excluding hydrogens is 397 g/mol. The fourth-order valence-corrected chi connectivity index (χ4v) is 3.39. The van der Waals surface area contributed by atoms with Crippen molar-refractivity contribution in [3.8, 4) is 0 Å². The molecule has 2 aromatic carbocycles. The highest BCUT2D eigenvalue weighted by molar-refractivity contribution is 7.85. The van der Waals surface area contributed by atoms with Gasteiger partial charge in [-0.2, -0.15) is 0 Å². The Morgan fingerprint density at radius 2 is 1.85 bits per heavy atom. The van der Waals surface area contributed by atoms with Gasteiger partial charge in [-0.15, -0.1) is 0 Å². The van der Waals surface area contributed by atoms with Gasteiger partial charge in [0.15, 0.2) is 6.10 Å². The highest BCUT2D eigenvalue weighted by atomic mass is 35.5. The van der Waals surface area contributed by atoms with Crippen molar-refractivity contribution in [2.24, 2.45) is 0 Å². The van der Waals surface area contributed by atoms with Crippen LogP contribution >= 0.6 is 23.2 Å². The van der Waals surface area contributed by atoms with Gasteiger partial charge in [-0.3, -0.25) is 9.00 Å². The van der Waals surface area contributed by atoms with E-state index in [9.17, 15) is 13.8 Å². The standard InChI is InChI=1S/C18H17Cl2NO4S/c1-3-26(24)15-10-5-4-7-12(15)18(23)25-11(2)17(22)21-14-9-6-8-13(19)16(14)20/h4-11H,3H2,1-2H3,(H,21,22)/t11-,26+/m0/s1. The highest BCUT2D eigenvalue weighted by Gasteiger charge is 2.22. The minimum absolute atomic E-state index is 0.174. The summed E-state index contributed by atoms with van der Waals surface area (Å²) < 4.78 is 17.3. The molecule has 0 saturated heterocycles. The molecule has 0 saturated carbocycles. The Balaban J connectivity index is 2.11. The van der Waals surface area contributed by atoms with E-state index in [1.807, 2.05) is 0 Å². The van der Waals surface area contributed by atoms with Gasteiger partial charge in [-0.1, -0.05) is 48.3 Å². The van der Waals surface area contributed by atoms with Crippen molar-refractivity contribution in [2.45, 2.75) is 24.8 Å². The predicted molar refractivity (Wildman–Crippen MR) is 103 cm³/mol. The van der Waals surface area contributed by atoms with Crippen LogP contribution in [0.5, 0.6) is 0 Å². The van der Waals surface area contributed by atoms with E-state index in [2.05, 4.69) is 5.32 Å². The molecule has 0 heterocycles. The van der Waals surface area contributed by atoms with E-state index in [0.717, 1.165) is 0 Å². The number of benzene rings is 2. The summed E-state index contributed by atoms with van der Waals surface area (Å²) in [5.41, 5.74) is 0.493. The summed E-state index contributed by atoms with van der Waals surface area (Å²) in [5, 5.41) is 3.06. The molecule has 2 atom stereocenters. The third-order valence-electron chi connectivity index (χ3n) is 3.48. The van der Waals surface area contributed by atoms with Crippen molar-refractivity contribution >= 4 is 51.6 Å². The number of amides is 1. The van der Waals surface area contributed by atoms with Gasteiger partial charge in [-0.05, 0) is 31.2 Å². The number of rotatable bonds is 6. The first-order chi connectivity index (χ1) is 12.3. The van der Waals surface area contributed by atoms with E-state index >= 15 is 0 Å². The van der Waals surface area contributed by atoms with Gasteiger partial charge in [0.2, 0.25) is 0 Å². The zero-order chi connectivity index (χ0) is 19.3. The summed E-state index contributed by atoms with van der Waals surface area (Å²) in [6.45, 7) is 3.19. The molecule has 0 radical (unpaired) electrons. The molecule has 1 N–H and O–H groups in total. The van der Waals surface area contributed by atoms with Crippen molar-refractivity contribution < 1.29 is 18.5 Å². The number of carbonyl (C=O) groups excluding carboxylic acids is 2. The van der Waals surface area contributed by atoms with E-state index < -0.39 is 28.8 Å². The molecule has 8 heteroatoms. The van der Waals surface area contributed by atoms with Gasteiger partial charge in [-0.25, -0.2) is 4.79 Å². The molecule has 138 valence electrons. The Morgan fingerprint density at radius 3 is 2.54 bits per heavy atom. The van der Waals surface area contributed by atoms with E-state index in [-0.39, 0.29) is 10.6 Å². The number of hydrogen-bond acceptors (Lipinski definition) is 4. The van der Waals surface area contributed by atoms with Gasteiger partial charge in [0.25, 0.3) is 5.91 Å². The lowest BCUT2D eigenvalue weighted by molar-refractivity contribution is -0.123.